The molecule has 94 valence electrons. The van der Waals surface area contributed by atoms with Crippen molar-refractivity contribution in [3.8, 4) is 0 Å². The van der Waals surface area contributed by atoms with Gasteiger partial charge in [0.05, 0.1) is 6.61 Å². The molecule has 16 heavy (non-hydrogen) atoms. The van der Waals surface area contributed by atoms with Gasteiger partial charge in [-0.2, -0.15) is 0 Å². The van der Waals surface area contributed by atoms with Crippen molar-refractivity contribution in [2.75, 3.05) is 13.7 Å². The van der Waals surface area contributed by atoms with E-state index in [0.717, 1.165) is 0 Å². The van der Waals surface area contributed by atoms with E-state index in [0.29, 0.717) is 0 Å². The van der Waals surface area contributed by atoms with Crippen molar-refractivity contribution in [2.24, 2.45) is 0 Å². The second-order valence-electron chi connectivity index (χ2n) is 4.68. The molecule has 0 radical (unpaired) electrons. The van der Waals surface area contributed by atoms with Crippen LogP contribution in [-0.4, -0.2) is 49.0 Å². The largest absolute Gasteiger partial charge is 0.444 e. The third-order valence-corrected chi connectivity index (χ3v) is 2.05. The van der Waals surface area contributed by atoms with E-state index >= 15 is 0 Å². The lowest BCUT2D eigenvalue weighted by Gasteiger charge is -2.24. The monoisotopic (exact) mass is 233 g/mol. The van der Waals surface area contributed by atoms with Crippen LogP contribution in [0.25, 0.3) is 0 Å². The summed E-state index contributed by atoms with van der Waals surface area (Å²) >= 11 is 0. The van der Waals surface area contributed by atoms with Crippen LogP contribution in [0.4, 0.5) is 4.79 Å². The van der Waals surface area contributed by atoms with Crippen LogP contribution in [-0.2, 0) is 14.2 Å². The second kappa shape index (κ2) is 4.99. The standard InChI is InChI=1S/C10H19NO5/c1-10(2,3)16-9(13)11-7-6(12)5-15-8(7)14-4/h6-8,12H,5H2,1-4H3,(H,11,13)/t6-,7+,8+/m1/s1. The fourth-order valence-corrected chi connectivity index (χ4v) is 1.40. The number of hydrogen-bond donors (Lipinski definition) is 2. The number of carbonyl (C=O) groups excluding carboxylic acids is 1. The van der Waals surface area contributed by atoms with Gasteiger partial charge in [0.2, 0.25) is 0 Å². The highest BCUT2D eigenvalue weighted by molar-refractivity contribution is 5.68. The van der Waals surface area contributed by atoms with E-state index in [2.05, 4.69) is 5.32 Å². The number of hydrogen-bond acceptors (Lipinski definition) is 5. The Morgan fingerprint density at radius 1 is 1.50 bits per heavy atom. The average Bonchev–Trinajstić information content (AvgIpc) is 2.44. The molecule has 1 aliphatic heterocycles. The minimum atomic E-state index is -0.780. The maximum atomic E-state index is 11.5. The summed E-state index contributed by atoms with van der Waals surface area (Å²) in [5, 5.41) is 12.1. The molecule has 0 saturated carbocycles. The maximum absolute atomic E-state index is 11.5. The molecule has 3 atom stereocenters. The average molecular weight is 233 g/mol. The zero-order valence-electron chi connectivity index (χ0n) is 10.0. The lowest BCUT2D eigenvalue weighted by molar-refractivity contribution is -0.0997. The third-order valence-electron chi connectivity index (χ3n) is 2.05. The number of methoxy groups -OCH3 is 1. The van der Waals surface area contributed by atoms with Crippen molar-refractivity contribution < 1.29 is 24.1 Å². The lowest BCUT2D eigenvalue weighted by atomic mass is 10.2. The highest BCUT2D eigenvalue weighted by atomic mass is 16.7. The number of nitrogens with one attached hydrogen (secondary N) is 1. The van der Waals surface area contributed by atoms with Gasteiger partial charge in [0.15, 0.2) is 6.29 Å². The smallest absolute Gasteiger partial charge is 0.408 e. The molecular formula is C10H19NO5. The maximum Gasteiger partial charge on any atom is 0.408 e. The van der Waals surface area contributed by atoms with Crippen molar-refractivity contribution in [1.82, 2.24) is 5.32 Å². The quantitative estimate of drug-likeness (QED) is 0.714. The molecule has 1 amide bonds. The summed E-state index contributed by atoms with van der Waals surface area (Å²) in [6.45, 7) is 5.44. The fourth-order valence-electron chi connectivity index (χ4n) is 1.40. The summed E-state index contributed by atoms with van der Waals surface area (Å²) in [7, 11) is 1.45. The molecule has 6 heteroatoms. The molecule has 0 aromatic rings. The van der Waals surface area contributed by atoms with E-state index in [1.54, 1.807) is 20.8 Å². The number of alkyl carbamates (subject to hydrolysis) is 1. The zero-order chi connectivity index (χ0) is 12.3. The normalized spacial score (nSPS) is 30.2. The van der Waals surface area contributed by atoms with E-state index in [1.807, 2.05) is 0 Å². The zero-order valence-corrected chi connectivity index (χ0v) is 10.0. The van der Waals surface area contributed by atoms with Crippen LogP contribution in [0.2, 0.25) is 0 Å². The van der Waals surface area contributed by atoms with Gasteiger partial charge in [-0.3, -0.25) is 0 Å². The predicted octanol–water partition coefficient (Wildman–Crippen LogP) is 0.243. The van der Waals surface area contributed by atoms with Crippen LogP contribution >= 0.6 is 0 Å². The lowest BCUT2D eigenvalue weighted by Crippen LogP contribution is -2.48. The van der Waals surface area contributed by atoms with Crippen molar-refractivity contribution in [3.63, 3.8) is 0 Å². The van der Waals surface area contributed by atoms with Crippen LogP contribution in [0, 0.1) is 0 Å². The number of rotatable bonds is 2. The minimum Gasteiger partial charge on any atom is -0.444 e. The van der Waals surface area contributed by atoms with E-state index in [4.69, 9.17) is 14.2 Å². The van der Waals surface area contributed by atoms with Gasteiger partial charge < -0.3 is 24.6 Å². The second-order valence-corrected chi connectivity index (χ2v) is 4.68. The van der Waals surface area contributed by atoms with Crippen LogP contribution in [0.15, 0.2) is 0 Å². The highest BCUT2D eigenvalue weighted by Crippen LogP contribution is 2.16. The summed E-state index contributed by atoms with van der Waals surface area (Å²) in [6, 6.07) is -0.597. The molecule has 0 bridgehead atoms. The molecule has 1 fully saturated rings. The van der Waals surface area contributed by atoms with Gasteiger partial charge in [-0.1, -0.05) is 0 Å². The molecule has 1 rings (SSSR count). The van der Waals surface area contributed by atoms with Crippen LogP contribution in [0.5, 0.6) is 0 Å². The van der Waals surface area contributed by atoms with E-state index in [-0.39, 0.29) is 6.61 Å². The molecule has 0 spiro atoms. The summed E-state index contributed by atoms with van der Waals surface area (Å²) in [6.07, 6.45) is -2.01. The first-order chi connectivity index (χ1) is 7.33. The van der Waals surface area contributed by atoms with Gasteiger partial charge in [0.1, 0.15) is 17.7 Å². The molecule has 2 N–H and O–H groups in total. The SMILES string of the molecule is CO[C@H]1OC[C@@H](O)[C@@H]1NC(=O)OC(C)(C)C. The predicted molar refractivity (Wildman–Crippen MR) is 55.9 cm³/mol. The molecule has 6 nitrogen and oxygen atoms in total. The van der Waals surface area contributed by atoms with Crippen molar-refractivity contribution in [1.29, 1.82) is 0 Å². The number of aliphatic hydroxyl groups is 1. The van der Waals surface area contributed by atoms with E-state index in [9.17, 15) is 9.90 Å². The number of amides is 1. The van der Waals surface area contributed by atoms with Gasteiger partial charge >= 0.3 is 6.09 Å². The first-order valence-electron chi connectivity index (χ1n) is 5.15. The van der Waals surface area contributed by atoms with E-state index in [1.165, 1.54) is 7.11 Å². The molecule has 0 aromatic heterocycles. The van der Waals surface area contributed by atoms with Gasteiger partial charge in [-0.05, 0) is 20.8 Å². The molecule has 0 aliphatic carbocycles. The Morgan fingerprint density at radius 3 is 2.62 bits per heavy atom. The minimum absolute atomic E-state index is 0.138. The molecule has 1 heterocycles. The summed E-state index contributed by atoms with van der Waals surface area (Å²) in [5.41, 5.74) is -0.572. The van der Waals surface area contributed by atoms with Crippen LogP contribution < -0.4 is 5.32 Å². The third kappa shape index (κ3) is 3.62. The fraction of sp³-hybridized carbons (Fsp3) is 0.900. The Bertz CT molecular complexity index is 250. The van der Waals surface area contributed by atoms with Crippen molar-refractivity contribution in [2.45, 2.75) is 44.8 Å². The molecule has 0 unspecified atom stereocenters. The Balaban J connectivity index is 2.49. The molecule has 1 saturated heterocycles. The van der Waals surface area contributed by atoms with Crippen molar-refractivity contribution in [3.05, 3.63) is 0 Å². The summed E-state index contributed by atoms with van der Waals surface area (Å²) in [5.74, 6) is 0. The topological polar surface area (TPSA) is 77.0 Å². The summed E-state index contributed by atoms with van der Waals surface area (Å²) < 4.78 is 15.2. The van der Waals surface area contributed by atoms with Gasteiger partial charge in [0.25, 0.3) is 0 Å². The first kappa shape index (κ1) is 13.2. The van der Waals surface area contributed by atoms with Crippen molar-refractivity contribution >= 4 is 6.09 Å². The Labute approximate surface area is 94.9 Å². The van der Waals surface area contributed by atoms with Gasteiger partial charge in [-0.15, -0.1) is 0 Å². The van der Waals surface area contributed by atoms with Gasteiger partial charge in [0, 0.05) is 7.11 Å². The number of ether oxygens (including phenoxy) is 3. The first-order valence-corrected chi connectivity index (χ1v) is 5.15. The van der Waals surface area contributed by atoms with Gasteiger partial charge in [-0.25, -0.2) is 4.79 Å². The van der Waals surface area contributed by atoms with E-state index < -0.39 is 30.1 Å². The molecule has 1 aliphatic rings. The molecular weight excluding hydrogens is 214 g/mol. The Kier molecular flexibility index (Phi) is 4.12. The highest BCUT2D eigenvalue weighted by Gasteiger charge is 2.38. The number of carbonyl (C=O) groups is 1. The Morgan fingerprint density at radius 2 is 2.12 bits per heavy atom. The summed E-state index contributed by atoms with van der Waals surface area (Å²) in [4.78, 5) is 11.5. The number of aliphatic hydroxyl groups excluding tert-OH is 1. The van der Waals surface area contributed by atoms with Crippen LogP contribution in [0.1, 0.15) is 20.8 Å². The molecule has 0 aromatic carbocycles. The van der Waals surface area contributed by atoms with Crippen LogP contribution in [0.3, 0.4) is 0 Å². The Hall–Kier alpha value is -0.850.